The largest absolute Gasteiger partial charge is 0.508 e. The summed E-state index contributed by atoms with van der Waals surface area (Å²) in [5.74, 6) is -2.88. The quantitative estimate of drug-likeness (QED) is 0.0768. The van der Waals surface area contributed by atoms with Gasteiger partial charge in [0.1, 0.15) is 35.7 Å². The van der Waals surface area contributed by atoms with Crippen molar-refractivity contribution in [2.45, 2.75) is 122 Å². The van der Waals surface area contributed by atoms with Crippen LogP contribution in [0.5, 0.6) is 11.5 Å². The van der Waals surface area contributed by atoms with Crippen molar-refractivity contribution >= 4 is 41.4 Å². The smallest absolute Gasteiger partial charge is 0.306 e. The topological polar surface area (TPSA) is 255 Å². The number of nitrogens with one attached hydrogen (secondary N) is 5. The normalized spacial score (nSPS) is 21.9. The summed E-state index contributed by atoms with van der Waals surface area (Å²) in [6, 6.07) is 17.5. The molecule has 3 aromatic rings. The van der Waals surface area contributed by atoms with Gasteiger partial charge in [0.15, 0.2) is 0 Å². The van der Waals surface area contributed by atoms with Crippen LogP contribution in [-0.4, -0.2) is 88.9 Å². The molecule has 9 N–H and O–H groups in total. The third-order valence-electron chi connectivity index (χ3n) is 13.7. The van der Waals surface area contributed by atoms with Crippen LogP contribution in [0.3, 0.4) is 0 Å². The number of phenolic OH excluding ortho intramolecular Hbond substituents is 2. The fraction of sp³-hybridized carbons (Fsp3) is 0.500. The molecule has 3 aliphatic carbocycles. The first-order chi connectivity index (χ1) is 31.5. The van der Waals surface area contributed by atoms with Gasteiger partial charge in [-0.2, -0.15) is 0 Å². The average Bonchev–Trinajstić information content (AvgIpc) is 3.61. The lowest BCUT2D eigenvalue weighted by molar-refractivity contribution is -0.158. The minimum atomic E-state index is -1.17. The number of hydrogen-bond acceptors (Lipinski definition) is 10. The van der Waals surface area contributed by atoms with Crippen molar-refractivity contribution in [3.8, 4) is 11.5 Å². The van der Waals surface area contributed by atoms with Crippen LogP contribution < -0.4 is 32.3 Å². The Kier molecular flexibility index (Phi) is 16.4. The number of ether oxygens (including phenoxy) is 1. The fourth-order valence-corrected chi connectivity index (χ4v) is 10.3. The Labute approximate surface area is 385 Å². The van der Waals surface area contributed by atoms with E-state index in [1.807, 2.05) is 19.9 Å². The molecule has 3 aromatic carbocycles. The summed E-state index contributed by atoms with van der Waals surface area (Å²) in [7, 11) is 0. The molecule has 0 radical (unpaired) electrons. The Hall–Kier alpha value is -6.45. The van der Waals surface area contributed by atoms with Crippen molar-refractivity contribution in [1.29, 1.82) is 0 Å². The molecule has 6 amide bonds. The summed E-state index contributed by atoms with van der Waals surface area (Å²) in [6.07, 6.45) is 5.23. The summed E-state index contributed by atoms with van der Waals surface area (Å²) in [5, 5.41) is 32.7. The number of hydrogen-bond donors (Lipinski definition) is 8. The second-order valence-corrected chi connectivity index (χ2v) is 18.8. The first-order valence-electron chi connectivity index (χ1n) is 23.0. The molecular formula is C50H64N6O10. The van der Waals surface area contributed by atoms with E-state index in [-0.39, 0.29) is 48.9 Å². The summed E-state index contributed by atoms with van der Waals surface area (Å²) in [6.45, 7) is 4.89. The van der Waals surface area contributed by atoms with E-state index in [1.165, 1.54) is 23.3 Å². The Balaban J connectivity index is 0.987. The number of fused-ring (bicyclic) bond motifs is 5. The van der Waals surface area contributed by atoms with Crippen molar-refractivity contribution < 1.29 is 48.5 Å². The van der Waals surface area contributed by atoms with Gasteiger partial charge in [-0.15, -0.1) is 0 Å². The minimum Gasteiger partial charge on any atom is -0.508 e. The lowest BCUT2D eigenvalue weighted by Gasteiger charge is -2.50. The van der Waals surface area contributed by atoms with E-state index in [0.29, 0.717) is 35.5 Å². The van der Waals surface area contributed by atoms with E-state index in [1.54, 1.807) is 48.5 Å². The molecular weight excluding hydrogens is 845 g/mol. The van der Waals surface area contributed by atoms with Gasteiger partial charge in [0, 0.05) is 24.7 Å². The summed E-state index contributed by atoms with van der Waals surface area (Å²) >= 11 is 0. The van der Waals surface area contributed by atoms with E-state index < -0.39 is 72.6 Å². The number of amides is 6. The lowest BCUT2D eigenvalue weighted by atomic mass is 9.55. The number of carbonyl (C=O) groups is 7. The molecule has 1 unspecified atom stereocenters. The van der Waals surface area contributed by atoms with E-state index in [4.69, 9.17) is 10.5 Å². The molecule has 354 valence electrons. The number of carbonyl (C=O) groups excluding carboxylic acids is 7. The van der Waals surface area contributed by atoms with Gasteiger partial charge in [-0.05, 0) is 115 Å². The molecule has 16 heteroatoms. The number of phenols is 2. The second-order valence-electron chi connectivity index (χ2n) is 18.8. The molecule has 3 aliphatic rings. The first kappa shape index (κ1) is 49.0. The number of aromatic hydroxyl groups is 2. The first-order valence-corrected chi connectivity index (χ1v) is 23.0. The number of rotatable bonds is 20. The molecule has 0 spiro atoms. The molecule has 0 aliphatic heterocycles. The predicted octanol–water partition coefficient (Wildman–Crippen LogP) is 3.35. The van der Waals surface area contributed by atoms with Crippen molar-refractivity contribution in [1.82, 2.24) is 26.6 Å². The second kappa shape index (κ2) is 22.2. The molecule has 0 aromatic heterocycles. The van der Waals surface area contributed by atoms with E-state index in [0.717, 1.165) is 44.1 Å². The number of aryl methyl sites for hydroxylation is 1. The van der Waals surface area contributed by atoms with Gasteiger partial charge in [-0.25, -0.2) is 0 Å². The Morgan fingerprint density at radius 2 is 1.36 bits per heavy atom. The zero-order chi connectivity index (χ0) is 47.5. The van der Waals surface area contributed by atoms with Crippen LogP contribution in [0.4, 0.5) is 0 Å². The van der Waals surface area contributed by atoms with Crippen LogP contribution in [0.15, 0.2) is 72.8 Å². The zero-order valence-electron chi connectivity index (χ0n) is 38.0. The Morgan fingerprint density at radius 1 is 0.712 bits per heavy atom. The molecule has 2 fully saturated rings. The van der Waals surface area contributed by atoms with Crippen molar-refractivity contribution in [2.24, 2.45) is 28.9 Å². The van der Waals surface area contributed by atoms with Crippen LogP contribution in [0.25, 0.3) is 0 Å². The minimum absolute atomic E-state index is 0.000581. The van der Waals surface area contributed by atoms with Crippen molar-refractivity contribution in [2.75, 3.05) is 13.1 Å². The van der Waals surface area contributed by atoms with Gasteiger partial charge in [-0.3, -0.25) is 33.6 Å². The number of primary amides is 1. The van der Waals surface area contributed by atoms with Crippen molar-refractivity contribution in [3.05, 3.63) is 95.1 Å². The highest BCUT2D eigenvalue weighted by molar-refractivity contribution is 5.94. The maximum absolute atomic E-state index is 13.5. The highest BCUT2D eigenvalue weighted by Gasteiger charge is 2.56. The van der Waals surface area contributed by atoms with Crippen LogP contribution in [-0.2, 0) is 57.6 Å². The molecule has 66 heavy (non-hydrogen) atoms. The summed E-state index contributed by atoms with van der Waals surface area (Å²) in [5.41, 5.74) is 9.24. The highest BCUT2D eigenvalue weighted by Crippen LogP contribution is 2.61. The maximum Gasteiger partial charge on any atom is 0.306 e. The van der Waals surface area contributed by atoms with Crippen molar-refractivity contribution in [3.63, 3.8) is 0 Å². The Morgan fingerprint density at radius 3 is 2.06 bits per heavy atom. The molecule has 0 bridgehead atoms. The molecule has 2 saturated carbocycles. The number of nitrogens with two attached hydrogens (primary N) is 1. The van der Waals surface area contributed by atoms with E-state index in [2.05, 4.69) is 39.6 Å². The molecule has 0 heterocycles. The van der Waals surface area contributed by atoms with Gasteiger partial charge >= 0.3 is 5.97 Å². The third kappa shape index (κ3) is 12.9. The van der Waals surface area contributed by atoms with E-state index >= 15 is 0 Å². The van der Waals surface area contributed by atoms with Gasteiger partial charge in [0.2, 0.25) is 35.4 Å². The highest BCUT2D eigenvalue weighted by atomic mass is 16.5. The summed E-state index contributed by atoms with van der Waals surface area (Å²) in [4.78, 5) is 91.3. The van der Waals surface area contributed by atoms with Crippen LogP contribution in [0.1, 0.15) is 100 Å². The summed E-state index contributed by atoms with van der Waals surface area (Å²) < 4.78 is 6.09. The van der Waals surface area contributed by atoms with Gasteiger partial charge in [0.05, 0.1) is 19.5 Å². The molecule has 8 atom stereocenters. The monoisotopic (exact) mass is 908 g/mol. The molecule has 6 rings (SSSR count). The van der Waals surface area contributed by atoms with Crippen LogP contribution in [0.2, 0.25) is 0 Å². The number of esters is 1. The van der Waals surface area contributed by atoms with Crippen LogP contribution in [0, 0.1) is 23.2 Å². The van der Waals surface area contributed by atoms with Gasteiger partial charge < -0.3 is 47.3 Å². The third-order valence-corrected chi connectivity index (χ3v) is 13.7. The SMILES string of the molecule is CC(C)C[C@H](NC(=O)[C@H](Cc1ccccc1)NC(=O)CNC(=O)CNC(=O)[C@H](Cc1ccc(O)cc1)NC(=O)CCC(=O)OC1CC[C@H]2[C@@H]3CCc4cc(O)ccc4[C@H]3CC[C@]12C)C(N)=O. The van der Waals surface area contributed by atoms with Crippen LogP contribution >= 0.6 is 0 Å². The molecule has 0 saturated heterocycles. The average molecular weight is 909 g/mol. The standard InChI is InChI=1S/C50H64N6O10/c1-29(2)23-39(47(51)63)56-49(65)41(24-30-7-5-4-6-8-30)55-45(61)28-52-44(60)27-53-48(64)40(25-31-9-12-33(57)13-10-31)54-43(59)19-20-46(62)66-42-18-17-38-37-15-11-32-26-34(58)14-16-35(32)36(37)21-22-50(38,42)3/h4-10,12-14,16,26,29,36-42,57-58H,11,15,17-25,27-28H2,1-3H3,(H2,51,63)(H,52,60)(H,53,64)(H,54,59)(H,55,61)(H,56,65)/t36-,37-,38+,39+,40+,41+,42?,50+/m1/s1. The zero-order valence-corrected chi connectivity index (χ0v) is 38.0. The van der Waals surface area contributed by atoms with Gasteiger partial charge in [0.25, 0.3) is 0 Å². The predicted molar refractivity (Wildman–Crippen MR) is 244 cm³/mol. The fourth-order valence-electron chi connectivity index (χ4n) is 10.3. The Bertz CT molecular complexity index is 2240. The maximum atomic E-state index is 13.5. The van der Waals surface area contributed by atoms with E-state index in [9.17, 15) is 43.8 Å². The van der Waals surface area contributed by atoms with Gasteiger partial charge in [-0.1, -0.05) is 69.3 Å². The lowest BCUT2D eigenvalue weighted by Crippen LogP contribution is -2.55. The molecule has 16 nitrogen and oxygen atoms in total. The number of benzene rings is 3.